The van der Waals surface area contributed by atoms with Crippen molar-refractivity contribution in [3.63, 3.8) is 0 Å². The third-order valence-corrected chi connectivity index (χ3v) is 3.45. The van der Waals surface area contributed by atoms with Gasteiger partial charge in [0.25, 0.3) is 0 Å². The first-order chi connectivity index (χ1) is 8.47. The molecule has 2 nitrogen and oxygen atoms in total. The summed E-state index contributed by atoms with van der Waals surface area (Å²) in [5.74, 6) is 1.45. The second-order valence-corrected chi connectivity index (χ2v) is 4.96. The number of benzene rings is 1. The first-order valence-electron chi connectivity index (χ1n) is 5.55. The van der Waals surface area contributed by atoms with Crippen LogP contribution < -0.4 is 4.74 Å². The Balaban J connectivity index is 2.34. The van der Waals surface area contributed by atoms with Crippen molar-refractivity contribution in [1.29, 1.82) is 0 Å². The molecule has 1 aromatic heterocycles. The lowest BCUT2D eigenvalue weighted by atomic mass is 10.1. The Labute approximate surface area is 117 Å². The van der Waals surface area contributed by atoms with Crippen LogP contribution in [0, 0.1) is 20.8 Å². The summed E-state index contributed by atoms with van der Waals surface area (Å²) in [5.41, 5.74) is 2.74. The van der Waals surface area contributed by atoms with Crippen LogP contribution in [0.3, 0.4) is 0 Å². The number of rotatable bonds is 2. The van der Waals surface area contributed by atoms with Crippen LogP contribution >= 0.6 is 23.2 Å². The lowest BCUT2D eigenvalue weighted by molar-refractivity contribution is 0.475. The zero-order valence-electron chi connectivity index (χ0n) is 10.4. The van der Waals surface area contributed by atoms with E-state index in [1.54, 1.807) is 6.07 Å². The minimum Gasteiger partial charge on any atom is -0.455 e. The van der Waals surface area contributed by atoms with Crippen LogP contribution in [0.2, 0.25) is 10.2 Å². The molecule has 0 amide bonds. The molecule has 0 radical (unpaired) electrons. The van der Waals surface area contributed by atoms with Crippen LogP contribution in [0.1, 0.15) is 16.8 Å². The summed E-state index contributed by atoms with van der Waals surface area (Å²) in [6.45, 7) is 5.77. The first-order valence-corrected chi connectivity index (χ1v) is 6.30. The van der Waals surface area contributed by atoms with Gasteiger partial charge in [0, 0.05) is 5.02 Å². The molecular weight excluding hydrogens is 269 g/mol. The summed E-state index contributed by atoms with van der Waals surface area (Å²) in [7, 11) is 0. The highest BCUT2D eigenvalue weighted by Crippen LogP contribution is 2.30. The summed E-state index contributed by atoms with van der Waals surface area (Å²) in [6, 6.07) is 7.33. The predicted molar refractivity (Wildman–Crippen MR) is 75.0 cm³/mol. The van der Waals surface area contributed by atoms with Gasteiger partial charge in [-0.15, -0.1) is 0 Å². The van der Waals surface area contributed by atoms with Crippen molar-refractivity contribution >= 4 is 23.2 Å². The molecule has 0 atom stereocenters. The number of aryl methyl sites for hydroxylation is 3. The molecule has 0 spiro atoms. The highest BCUT2D eigenvalue weighted by molar-refractivity contribution is 6.32. The number of pyridine rings is 1. The molecule has 0 aliphatic heterocycles. The predicted octanol–water partition coefficient (Wildman–Crippen LogP) is 5.11. The minimum absolute atomic E-state index is 0.461. The Morgan fingerprint density at radius 2 is 1.61 bits per heavy atom. The van der Waals surface area contributed by atoms with Crippen molar-refractivity contribution in [3.05, 3.63) is 51.3 Å². The van der Waals surface area contributed by atoms with Gasteiger partial charge < -0.3 is 4.74 Å². The number of nitrogens with zero attached hydrogens (tertiary/aromatic N) is 1. The van der Waals surface area contributed by atoms with Gasteiger partial charge in [0.15, 0.2) is 0 Å². The number of hydrogen-bond donors (Lipinski definition) is 0. The van der Waals surface area contributed by atoms with E-state index in [1.165, 1.54) is 0 Å². The number of ether oxygens (including phenoxy) is 1. The van der Waals surface area contributed by atoms with Gasteiger partial charge in [-0.25, -0.2) is 4.98 Å². The van der Waals surface area contributed by atoms with Gasteiger partial charge in [-0.2, -0.15) is 0 Å². The molecule has 0 aliphatic rings. The molecule has 94 valence electrons. The molecule has 4 heteroatoms. The molecule has 0 fully saturated rings. The number of hydrogen-bond acceptors (Lipinski definition) is 2. The molecular formula is C14H13Cl2NO. The van der Waals surface area contributed by atoms with Crippen molar-refractivity contribution < 1.29 is 4.74 Å². The zero-order valence-corrected chi connectivity index (χ0v) is 11.9. The van der Waals surface area contributed by atoms with Crippen LogP contribution in [-0.2, 0) is 0 Å². The van der Waals surface area contributed by atoms with Crippen molar-refractivity contribution in [3.8, 4) is 11.5 Å². The van der Waals surface area contributed by atoms with E-state index in [4.69, 9.17) is 27.9 Å². The molecule has 0 N–H and O–H groups in total. The summed E-state index contributed by atoms with van der Waals surface area (Å²) >= 11 is 11.9. The van der Waals surface area contributed by atoms with Gasteiger partial charge in [0.1, 0.15) is 16.7 Å². The quantitative estimate of drug-likeness (QED) is 0.714. The van der Waals surface area contributed by atoms with E-state index in [9.17, 15) is 0 Å². The third kappa shape index (κ3) is 2.77. The standard InChI is InChI=1S/C14H13Cl2NO/c1-8-6-11(7-9(2)14(8)16)18-12-4-5-13(15)17-10(12)3/h4-7H,1-3H3. The van der Waals surface area contributed by atoms with Crippen LogP contribution in [0.4, 0.5) is 0 Å². The monoisotopic (exact) mass is 281 g/mol. The number of halogens is 2. The normalized spacial score (nSPS) is 10.5. The summed E-state index contributed by atoms with van der Waals surface area (Å²) < 4.78 is 5.80. The fourth-order valence-electron chi connectivity index (χ4n) is 1.72. The van der Waals surface area contributed by atoms with Crippen molar-refractivity contribution in [2.24, 2.45) is 0 Å². The smallest absolute Gasteiger partial charge is 0.148 e. The van der Waals surface area contributed by atoms with Crippen LogP contribution in [-0.4, -0.2) is 4.98 Å². The lowest BCUT2D eigenvalue weighted by Gasteiger charge is -2.11. The Kier molecular flexibility index (Phi) is 3.79. The summed E-state index contributed by atoms with van der Waals surface area (Å²) in [6.07, 6.45) is 0. The molecule has 2 rings (SSSR count). The van der Waals surface area contributed by atoms with Crippen LogP contribution in [0.25, 0.3) is 0 Å². The Bertz CT molecular complexity index is 573. The molecule has 0 aliphatic carbocycles. The Morgan fingerprint density at radius 1 is 1.00 bits per heavy atom. The fourth-order valence-corrected chi connectivity index (χ4v) is 2.02. The fraction of sp³-hybridized carbons (Fsp3) is 0.214. The average molecular weight is 282 g/mol. The minimum atomic E-state index is 0.461. The van der Waals surface area contributed by atoms with Crippen molar-refractivity contribution in [2.75, 3.05) is 0 Å². The zero-order chi connectivity index (χ0) is 13.3. The van der Waals surface area contributed by atoms with Crippen LogP contribution in [0.15, 0.2) is 24.3 Å². The van der Waals surface area contributed by atoms with Crippen molar-refractivity contribution in [2.45, 2.75) is 20.8 Å². The molecule has 1 aromatic carbocycles. The van der Waals surface area contributed by atoms with Gasteiger partial charge in [-0.3, -0.25) is 0 Å². The van der Waals surface area contributed by atoms with E-state index >= 15 is 0 Å². The topological polar surface area (TPSA) is 22.1 Å². The Hall–Kier alpha value is -1.25. The van der Waals surface area contributed by atoms with E-state index in [2.05, 4.69) is 4.98 Å². The highest BCUT2D eigenvalue weighted by Gasteiger charge is 2.07. The highest BCUT2D eigenvalue weighted by atomic mass is 35.5. The molecule has 18 heavy (non-hydrogen) atoms. The maximum Gasteiger partial charge on any atom is 0.148 e. The van der Waals surface area contributed by atoms with E-state index in [-0.39, 0.29) is 0 Å². The lowest BCUT2D eigenvalue weighted by Crippen LogP contribution is -1.92. The second-order valence-electron chi connectivity index (χ2n) is 4.19. The van der Waals surface area contributed by atoms with Gasteiger partial charge in [-0.05, 0) is 56.2 Å². The molecule has 0 saturated carbocycles. The van der Waals surface area contributed by atoms with Crippen LogP contribution in [0.5, 0.6) is 11.5 Å². The van der Waals surface area contributed by atoms with E-state index in [0.29, 0.717) is 10.9 Å². The summed E-state index contributed by atoms with van der Waals surface area (Å²) in [5, 5.41) is 1.23. The Morgan fingerprint density at radius 3 is 2.17 bits per heavy atom. The van der Waals surface area contributed by atoms with E-state index in [1.807, 2.05) is 39.0 Å². The van der Waals surface area contributed by atoms with Gasteiger partial charge in [0.2, 0.25) is 0 Å². The molecule has 0 bridgehead atoms. The maximum atomic E-state index is 6.12. The van der Waals surface area contributed by atoms with Gasteiger partial charge >= 0.3 is 0 Å². The van der Waals surface area contributed by atoms with Gasteiger partial charge in [-0.1, -0.05) is 23.2 Å². The molecule has 1 heterocycles. The first kappa shape index (κ1) is 13.2. The van der Waals surface area contributed by atoms with Crippen molar-refractivity contribution in [1.82, 2.24) is 4.98 Å². The summed E-state index contributed by atoms with van der Waals surface area (Å²) in [4.78, 5) is 4.15. The maximum absolute atomic E-state index is 6.12. The molecule has 0 unspecified atom stereocenters. The largest absolute Gasteiger partial charge is 0.455 e. The van der Waals surface area contributed by atoms with E-state index in [0.717, 1.165) is 27.6 Å². The third-order valence-electron chi connectivity index (χ3n) is 2.64. The average Bonchev–Trinajstić information content (AvgIpc) is 2.29. The van der Waals surface area contributed by atoms with E-state index < -0.39 is 0 Å². The molecule has 0 saturated heterocycles. The van der Waals surface area contributed by atoms with Gasteiger partial charge in [0.05, 0.1) is 5.69 Å². The molecule has 2 aromatic rings. The number of aromatic nitrogens is 1. The second kappa shape index (κ2) is 5.17. The SMILES string of the molecule is Cc1cc(Oc2ccc(Cl)nc2C)cc(C)c1Cl.